The van der Waals surface area contributed by atoms with Crippen molar-refractivity contribution in [3.05, 3.63) is 65.2 Å². The summed E-state index contributed by atoms with van der Waals surface area (Å²) in [5.41, 5.74) is 2.08. The summed E-state index contributed by atoms with van der Waals surface area (Å²) in [6.45, 7) is 0.213. The molecule has 0 aliphatic carbocycles. The van der Waals surface area contributed by atoms with Crippen LogP contribution in [-0.4, -0.2) is 17.9 Å². The zero-order valence-corrected chi connectivity index (χ0v) is 11.3. The van der Waals surface area contributed by atoms with Gasteiger partial charge in [0, 0.05) is 12.0 Å². The van der Waals surface area contributed by atoms with Crippen molar-refractivity contribution in [2.75, 3.05) is 6.79 Å². The van der Waals surface area contributed by atoms with Crippen molar-refractivity contribution < 1.29 is 19.4 Å². The minimum absolute atomic E-state index is 0.213. The Hall–Kier alpha value is -2.75. The van der Waals surface area contributed by atoms with Crippen LogP contribution in [0.2, 0.25) is 0 Å². The highest BCUT2D eigenvalue weighted by Crippen LogP contribution is 2.33. The van der Waals surface area contributed by atoms with Gasteiger partial charge < -0.3 is 14.6 Å². The van der Waals surface area contributed by atoms with E-state index in [9.17, 15) is 9.90 Å². The van der Waals surface area contributed by atoms with Crippen LogP contribution in [0.25, 0.3) is 6.08 Å². The lowest BCUT2D eigenvalue weighted by Crippen LogP contribution is -2.03. The van der Waals surface area contributed by atoms with E-state index >= 15 is 0 Å². The van der Waals surface area contributed by atoms with E-state index in [1.54, 1.807) is 12.1 Å². The summed E-state index contributed by atoms with van der Waals surface area (Å²) in [7, 11) is 0. The van der Waals surface area contributed by atoms with Crippen molar-refractivity contribution in [3.63, 3.8) is 0 Å². The van der Waals surface area contributed by atoms with Gasteiger partial charge in [0.2, 0.25) is 6.79 Å². The van der Waals surface area contributed by atoms with Gasteiger partial charge in [0.25, 0.3) is 0 Å². The lowest BCUT2D eigenvalue weighted by molar-refractivity contribution is -0.132. The molecule has 1 heterocycles. The number of hydrogen-bond acceptors (Lipinski definition) is 3. The molecule has 21 heavy (non-hydrogen) atoms. The largest absolute Gasteiger partial charge is 0.478 e. The SMILES string of the molecule is O=C(O)C(=Cc1ccccc1)Cc1ccc2c(c1)OCO2. The Morgan fingerprint density at radius 2 is 1.86 bits per heavy atom. The first-order valence-corrected chi connectivity index (χ1v) is 6.60. The molecular weight excluding hydrogens is 268 g/mol. The van der Waals surface area contributed by atoms with E-state index in [0.717, 1.165) is 11.1 Å². The van der Waals surface area contributed by atoms with Gasteiger partial charge in [-0.2, -0.15) is 0 Å². The molecule has 0 radical (unpaired) electrons. The number of aliphatic carboxylic acids is 1. The second-order valence-electron chi connectivity index (χ2n) is 4.75. The number of carbonyl (C=O) groups is 1. The molecule has 1 aliphatic heterocycles. The number of ether oxygens (including phenoxy) is 2. The van der Waals surface area contributed by atoms with Crippen LogP contribution < -0.4 is 9.47 Å². The first kappa shape index (κ1) is 13.2. The highest BCUT2D eigenvalue weighted by Gasteiger charge is 2.15. The molecule has 2 aromatic carbocycles. The molecule has 1 aliphatic rings. The second kappa shape index (κ2) is 5.71. The highest BCUT2D eigenvalue weighted by atomic mass is 16.7. The highest BCUT2D eigenvalue weighted by molar-refractivity contribution is 5.92. The number of rotatable bonds is 4. The lowest BCUT2D eigenvalue weighted by Gasteiger charge is -2.05. The maximum absolute atomic E-state index is 11.4. The molecule has 4 nitrogen and oxygen atoms in total. The molecule has 0 bridgehead atoms. The third-order valence-corrected chi connectivity index (χ3v) is 3.25. The maximum atomic E-state index is 11.4. The molecule has 0 spiro atoms. The summed E-state index contributed by atoms with van der Waals surface area (Å²) in [6.07, 6.45) is 2.02. The van der Waals surface area contributed by atoms with Crippen LogP contribution >= 0.6 is 0 Å². The number of benzene rings is 2. The average Bonchev–Trinajstić information content (AvgIpc) is 2.95. The van der Waals surface area contributed by atoms with Crippen LogP contribution in [0.15, 0.2) is 54.1 Å². The Bertz CT molecular complexity index is 689. The van der Waals surface area contributed by atoms with E-state index < -0.39 is 5.97 Å². The van der Waals surface area contributed by atoms with Gasteiger partial charge in [-0.05, 0) is 29.3 Å². The van der Waals surface area contributed by atoms with E-state index in [1.807, 2.05) is 42.5 Å². The predicted octanol–water partition coefficient (Wildman–Crippen LogP) is 3.13. The van der Waals surface area contributed by atoms with Crippen molar-refractivity contribution in [3.8, 4) is 11.5 Å². The molecule has 0 unspecified atom stereocenters. The molecule has 0 amide bonds. The molecule has 4 heteroatoms. The molecule has 0 atom stereocenters. The smallest absolute Gasteiger partial charge is 0.331 e. The molecule has 1 N–H and O–H groups in total. The van der Waals surface area contributed by atoms with Crippen molar-refractivity contribution in [1.29, 1.82) is 0 Å². The maximum Gasteiger partial charge on any atom is 0.331 e. The van der Waals surface area contributed by atoms with E-state index in [4.69, 9.17) is 9.47 Å². The van der Waals surface area contributed by atoms with E-state index in [1.165, 1.54) is 0 Å². The number of carboxylic acids is 1. The first-order chi connectivity index (χ1) is 10.2. The Morgan fingerprint density at radius 3 is 2.62 bits per heavy atom. The van der Waals surface area contributed by atoms with Crippen LogP contribution in [0, 0.1) is 0 Å². The van der Waals surface area contributed by atoms with E-state index in [-0.39, 0.29) is 6.79 Å². The molecular formula is C17H14O4. The van der Waals surface area contributed by atoms with Gasteiger partial charge in [-0.15, -0.1) is 0 Å². The summed E-state index contributed by atoms with van der Waals surface area (Å²) in [4.78, 5) is 11.4. The summed E-state index contributed by atoms with van der Waals surface area (Å²) in [5.74, 6) is 0.441. The molecule has 2 aromatic rings. The van der Waals surface area contributed by atoms with Crippen LogP contribution in [0.1, 0.15) is 11.1 Å². The topological polar surface area (TPSA) is 55.8 Å². The van der Waals surface area contributed by atoms with Gasteiger partial charge in [0.05, 0.1) is 0 Å². The van der Waals surface area contributed by atoms with E-state index in [2.05, 4.69) is 0 Å². The van der Waals surface area contributed by atoms with Gasteiger partial charge in [0.15, 0.2) is 11.5 Å². The zero-order valence-electron chi connectivity index (χ0n) is 11.3. The summed E-state index contributed by atoms with van der Waals surface area (Å²) in [5, 5.41) is 9.37. The van der Waals surface area contributed by atoms with Gasteiger partial charge in [-0.3, -0.25) is 0 Å². The third kappa shape index (κ3) is 3.05. The second-order valence-corrected chi connectivity index (χ2v) is 4.75. The lowest BCUT2D eigenvalue weighted by atomic mass is 10.0. The monoisotopic (exact) mass is 282 g/mol. The standard InChI is InChI=1S/C17H14O4/c18-17(19)14(8-12-4-2-1-3-5-12)9-13-6-7-15-16(10-13)21-11-20-15/h1-8,10H,9,11H2,(H,18,19). The Morgan fingerprint density at radius 1 is 1.10 bits per heavy atom. The van der Waals surface area contributed by atoms with E-state index in [0.29, 0.717) is 23.5 Å². The third-order valence-electron chi connectivity index (χ3n) is 3.25. The number of fused-ring (bicyclic) bond motifs is 1. The predicted molar refractivity (Wildman–Crippen MR) is 78.3 cm³/mol. The molecule has 0 aromatic heterocycles. The minimum Gasteiger partial charge on any atom is -0.478 e. The fraction of sp³-hybridized carbons (Fsp3) is 0.118. The zero-order chi connectivity index (χ0) is 14.7. The van der Waals surface area contributed by atoms with Gasteiger partial charge in [-0.25, -0.2) is 4.79 Å². The summed E-state index contributed by atoms with van der Waals surface area (Å²) < 4.78 is 10.6. The van der Waals surface area contributed by atoms with Crippen molar-refractivity contribution >= 4 is 12.0 Å². The Labute approximate surface area is 122 Å². The first-order valence-electron chi connectivity index (χ1n) is 6.60. The van der Waals surface area contributed by atoms with Crippen molar-refractivity contribution in [2.24, 2.45) is 0 Å². The molecule has 0 saturated heterocycles. The van der Waals surface area contributed by atoms with Crippen LogP contribution in [0.5, 0.6) is 11.5 Å². The fourth-order valence-corrected chi connectivity index (χ4v) is 2.21. The number of carboxylic acid groups (broad SMARTS) is 1. The number of hydrogen-bond donors (Lipinski definition) is 1. The normalized spacial score (nSPS) is 13.2. The average molecular weight is 282 g/mol. The molecule has 3 rings (SSSR count). The minimum atomic E-state index is -0.920. The molecule has 0 saturated carbocycles. The van der Waals surface area contributed by atoms with Crippen molar-refractivity contribution in [1.82, 2.24) is 0 Å². The van der Waals surface area contributed by atoms with Gasteiger partial charge in [-0.1, -0.05) is 36.4 Å². The van der Waals surface area contributed by atoms with Gasteiger partial charge in [0.1, 0.15) is 0 Å². The van der Waals surface area contributed by atoms with Crippen LogP contribution in [-0.2, 0) is 11.2 Å². The van der Waals surface area contributed by atoms with Crippen LogP contribution in [0.3, 0.4) is 0 Å². The Kier molecular flexibility index (Phi) is 3.60. The molecule has 0 fully saturated rings. The van der Waals surface area contributed by atoms with Gasteiger partial charge >= 0.3 is 5.97 Å². The summed E-state index contributed by atoms with van der Waals surface area (Å²) >= 11 is 0. The van der Waals surface area contributed by atoms with Crippen LogP contribution in [0.4, 0.5) is 0 Å². The molecule has 106 valence electrons. The quantitative estimate of drug-likeness (QED) is 0.875. The fourth-order valence-electron chi connectivity index (χ4n) is 2.21. The van der Waals surface area contributed by atoms with Crippen molar-refractivity contribution in [2.45, 2.75) is 6.42 Å². The summed E-state index contributed by atoms with van der Waals surface area (Å²) in [6, 6.07) is 14.9. The Balaban J connectivity index is 1.86.